The summed E-state index contributed by atoms with van der Waals surface area (Å²) < 4.78 is 12.1. The smallest absolute Gasteiger partial charge is 0.210 e. The van der Waals surface area contributed by atoms with Crippen molar-refractivity contribution in [3.05, 3.63) is 23.5 Å². The minimum Gasteiger partial charge on any atom is -0.464 e. The molecule has 2 fully saturated rings. The van der Waals surface area contributed by atoms with Gasteiger partial charge in [-0.1, -0.05) is 12.2 Å². The Labute approximate surface area is 84.6 Å². The Balaban J connectivity index is 1.90. The fourth-order valence-corrected chi connectivity index (χ4v) is 2.68. The highest BCUT2D eigenvalue weighted by molar-refractivity contribution is 5.29. The van der Waals surface area contributed by atoms with Gasteiger partial charge in [-0.2, -0.15) is 0 Å². The van der Waals surface area contributed by atoms with Crippen molar-refractivity contribution < 1.29 is 9.47 Å². The van der Waals surface area contributed by atoms with Crippen molar-refractivity contribution in [3.8, 4) is 0 Å². The average Bonchev–Trinajstić information content (AvgIpc) is 2.75. The predicted octanol–water partition coefficient (Wildman–Crippen LogP) is 2.91. The minimum absolute atomic E-state index is 0.207. The van der Waals surface area contributed by atoms with Crippen LogP contribution in [0.4, 0.5) is 0 Å². The van der Waals surface area contributed by atoms with Gasteiger partial charge in [0, 0.05) is 12.8 Å². The zero-order valence-electron chi connectivity index (χ0n) is 8.58. The summed E-state index contributed by atoms with van der Waals surface area (Å²) in [6.07, 6.45) is 10.1. The maximum absolute atomic E-state index is 6.05. The van der Waals surface area contributed by atoms with Gasteiger partial charge < -0.3 is 9.47 Å². The third-order valence-corrected chi connectivity index (χ3v) is 3.42. The van der Waals surface area contributed by atoms with Crippen molar-refractivity contribution in [1.29, 1.82) is 0 Å². The molecule has 1 saturated carbocycles. The van der Waals surface area contributed by atoms with Crippen LogP contribution in [0, 0.1) is 0 Å². The van der Waals surface area contributed by atoms with Crippen molar-refractivity contribution in [2.75, 3.05) is 0 Å². The first-order valence-electron chi connectivity index (χ1n) is 5.53. The Bertz CT molecular complexity index is 308. The van der Waals surface area contributed by atoms with Gasteiger partial charge in [-0.3, -0.25) is 0 Å². The van der Waals surface area contributed by atoms with E-state index in [2.05, 4.69) is 19.1 Å². The average molecular weight is 192 g/mol. The van der Waals surface area contributed by atoms with Crippen LogP contribution in [0.1, 0.15) is 39.0 Å². The van der Waals surface area contributed by atoms with Crippen molar-refractivity contribution in [3.63, 3.8) is 0 Å². The minimum atomic E-state index is -0.243. The van der Waals surface area contributed by atoms with Gasteiger partial charge in [-0.15, -0.1) is 0 Å². The molecular weight excluding hydrogens is 176 g/mol. The predicted molar refractivity (Wildman–Crippen MR) is 53.6 cm³/mol. The first-order chi connectivity index (χ1) is 6.79. The van der Waals surface area contributed by atoms with Gasteiger partial charge in [-0.25, -0.2) is 0 Å². The summed E-state index contributed by atoms with van der Waals surface area (Å²) in [5.41, 5.74) is 1.24. The van der Waals surface area contributed by atoms with Crippen LogP contribution in [0.5, 0.6) is 0 Å². The number of hydrogen-bond acceptors (Lipinski definition) is 2. The van der Waals surface area contributed by atoms with Crippen molar-refractivity contribution >= 4 is 0 Å². The summed E-state index contributed by atoms with van der Waals surface area (Å²) in [5, 5.41) is 0. The van der Waals surface area contributed by atoms with Crippen LogP contribution in [-0.4, -0.2) is 11.9 Å². The molecule has 2 heteroatoms. The lowest BCUT2D eigenvalue weighted by molar-refractivity contribution is -0.155. The number of rotatable bonds is 0. The number of allylic oxidation sites excluding steroid dienone is 2. The zero-order valence-corrected chi connectivity index (χ0v) is 8.58. The van der Waals surface area contributed by atoms with Gasteiger partial charge in [0.2, 0.25) is 5.79 Å². The molecule has 2 aliphatic carbocycles. The van der Waals surface area contributed by atoms with Crippen LogP contribution >= 0.6 is 0 Å². The Morgan fingerprint density at radius 1 is 1.36 bits per heavy atom. The molecule has 1 heterocycles. The zero-order chi connectivity index (χ0) is 9.60. The van der Waals surface area contributed by atoms with Crippen LogP contribution in [-0.2, 0) is 9.47 Å². The first-order valence-corrected chi connectivity index (χ1v) is 5.53. The van der Waals surface area contributed by atoms with E-state index in [4.69, 9.17) is 9.47 Å². The van der Waals surface area contributed by atoms with Gasteiger partial charge in [0.1, 0.15) is 11.9 Å². The lowest BCUT2D eigenvalue weighted by Gasteiger charge is -2.21. The Morgan fingerprint density at radius 3 is 2.86 bits per heavy atom. The van der Waals surface area contributed by atoms with E-state index < -0.39 is 0 Å². The molecule has 1 unspecified atom stereocenters. The molecule has 3 aliphatic rings. The molecule has 3 rings (SSSR count). The maximum Gasteiger partial charge on any atom is 0.210 e. The number of ether oxygens (including phenoxy) is 2. The van der Waals surface area contributed by atoms with E-state index in [-0.39, 0.29) is 11.9 Å². The Hall–Kier alpha value is -0.760. The summed E-state index contributed by atoms with van der Waals surface area (Å²) in [6, 6.07) is 0. The highest BCUT2D eigenvalue weighted by Crippen LogP contribution is 2.46. The molecule has 76 valence electrons. The molecule has 0 amide bonds. The van der Waals surface area contributed by atoms with Gasteiger partial charge in [0.05, 0.1) is 0 Å². The second-order valence-electron chi connectivity index (χ2n) is 4.51. The fourth-order valence-electron chi connectivity index (χ4n) is 2.68. The van der Waals surface area contributed by atoms with E-state index in [1.165, 1.54) is 18.4 Å². The van der Waals surface area contributed by atoms with E-state index in [9.17, 15) is 0 Å². The van der Waals surface area contributed by atoms with Crippen LogP contribution in [0.15, 0.2) is 23.5 Å². The van der Waals surface area contributed by atoms with Gasteiger partial charge >= 0.3 is 0 Å². The van der Waals surface area contributed by atoms with Crippen LogP contribution in [0.25, 0.3) is 0 Å². The molecule has 0 N–H and O–H groups in total. The highest BCUT2D eigenvalue weighted by atomic mass is 16.7. The van der Waals surface area contributed by atoms with Gasteiger partial charge in [0.15, 0.2) is 0 Å². The lowest BCUT2D eigenvalue weighted by atomic mass is 10.0. The monoisotopic (exact) mass is 192 g/mol. The molecule has 0 aromatic heterocycles. The van der Waals surface area contributed by atoms with E-state index in [1.807, 2.05) is 0 Å². The van der Waals surface area contributed by atoms with Crippen molar-refractivity contribution in [1.82, 2.24) is 0 Å². The quantitative estimate of drug-likeness (QED) is 0.587. The molecule has 0 aromatic carbocycles. The van der Waals surface area contributed by atoms with Gasteiger partial charge in [0.25, 0.3) is 0 Å². The molecule has 14 heavy (non-hydrogen) atoms. The molecule has 1 aliphatic heterocycles. The molecule has 0 aromatic rings. The van der Waals surface area contributed by atoms with Crippen LogP contribution in [0.2, 0.25) is 0 Å². The summed E-state index contributed by atoms with van der Waals surface area (Å²) in [7, 11) is 0. The van der Waals surface area contributed by atoms with Crippen LogP contribution < -0.4 is 0 Å². The molecule has 0 bridgehead atoms. The van der Waals surface area contributed by atoms with Crippen molar-refractivity contribution in [2.45, 2.75) is 50.9 Å². The molecule has 1 saturated heterocycles. The highest BCUT2D eigenvalue weighted by Gasteiger charge is 2.47. The van der Waals surface area contributed by atoms with Crippen molar-refractivity contribution in [2.24, 2.45) is 0 Å². The molecule has 1 atom stereocenters. The molecular formula is C12H16O2. The van der Waals surface area contributed by atoms with Gasteiger partial charge in [-0.05, 0) is 31.8 Å². The molecule has 0 radical (unpaired) electrons. The van der Waals surface area contributed by atoms with E-state index >= 15 is 0 Å². The summed E-state index contributed by atoms with van der Waals surface area (Å²) in [5.74, 6) is 0.849. The normalized spacial score (nSPS) is 33.6. The number of hydrogen-bond donors (Lipinski definition) is 0. The second-order valence-corrected chi connectivity index (χ2v) is 4.51. The van der Waals surface area contributed by atoms with Crippen LogP contribution in [0.3, 0.4) is 0 Å². The maximum atomic E-state index is 6.05. The number of fused-ring (bicyclic) bond motifs is 1. The molecule has 1 spiro atoms. The third-order valence-electron chi connectivity index (χ3n) is 3.42. The Kier molecular flexibility index (Phi) is 1.75. The summed E-state index contributed by atoms with van der Waals surface area (Å²) in [6.45, 7) is 2.11. The van der Waals surface area contributed by atoms with E-state index in [0.717, 1.165) is 25.0 Å². The standard InChI is InChI=1S/C12H16O2/c1-9-5-4-6-10-11(9)14-12(13-10)7-2-3-8-12/h4-5,10H,2-3,6-8H2,1H3. The largest absolute Gasteiger partial charge is 0.464 e. The SMILES string of the molecule is CC1=C2OC3(CCCC3)OC2CC=C1. The fraction of sp³-hybridized carbons (Fsp3) is 0.667. The lowest BCUT2D eigenvalue weighted by Crippen LogP contribution is -2.26. The summed E-state index contributed by atoms with van der Waals surface area (Å²) >= 11 is 0. The third kappa shape index (κ3) is 1.13. The topological polar surface area (TPSA) is 18.5 Å². The summed E-state index contributed by atoms with van der Waals surface area (Å²) in [4.78, 5) is 0. The molecule has 2 nitrogen and oxygen atoms in total. The van der Waals surface area contributed by atoms with E-state index in [1.54, 1.807) is 0 Å². The first kappa shape index (κ1) is 8.54. The van der Waals surface area contributed by atoms with E-state index in [0.29, 0.717) is 0 Å². The Morgan fingerprint density at radius 2 is 2.14 bits per heavy atom. The second kappa shape index (κ2) is 2.86.